The van der Waals surface area contributed by atoms with Crippen LogP contribution in [0.4, 0.5) is 0 Å². The Kier molecular flexibility index (Phi) is 5.80. The highest BCUT2D eigenvalue weighted by Crippen LogP contribution is 2.40. The molecule has 0 bridgehead atoms. The number of ether oxygens (including phenoxy) is 4. The van der Waals surface area contributed by atoms with Crippen LogP contribution in [0.25, 0.3) is 33.1 Å². The van der Waals surface area contributed by atoms with E-state index in [1.54, 1.807) is 30.5 Å². The SMILES string of the molecule is CC(=O)Oc1cc2cc(-c3c[nH]c4cc(OC(C)=O)c(OC(C)=O)cc34)[nH]c2cc1OC(C)=O. The van der Waals surface area contributed by atoms with Crippen molar-refractivity contribution in [2.75, 3.05) is 0 Å². The average Bonchev–Trinajstić information content (AvgIpc) is 3.29. The molecule has 0 aliphatic heterocycles. The van der Waals surface area contributed by atoms with Crippen molar-refractivity contribution in [3.8, 4) is 34.3 Å². The molecule has 0 saturated heterocycles. The number of hydrogen-bond donors (Lipinski definition) is 2. The Balaban J connectivity index is 1.84. The third-order valence-electron chi connectivity index (χ3n) is 4.74. The number of rotatable bonds is 5. The van der Waals surface area contributed by atoms with E-state index in [0.717, 1.165) is 5.56 Å². The summed E-state index contributed by atoms with van der Waals surface area (Å²) in [5.41, 5.74) is 2.69. The molecule has 10 nitrogen and oxygen atoms in total. The van der Waals surface area contributed by atoms with Gasteiger partial charge in [0.25, 0.3) is 0 Å². The topological polar surface area (TPSA) is 137 Å². The Morgan fingerprint density at radius 3 is 1.62 bits per heavy atom. The molecule has 0 radical (unpaired) electrons. The van der Waals surface area contributed by atoms with Crippen molar-refractivity contribution >= 4 is 45.7 Å². The second-order valence-electron chi connectivity index (χ2n) is 7.49. The van der Waals surface area contributed by atoms with Crippen LogP contribution in [0.3, 0.4) is 0 Å². The van der Waals surface area contributed by atoms with Crippen LogP contribution in [-0.2, 0) is 19.2 Å². The number of nitrogens with one attached hydrogen (secondary N) is 2. The number of aromatic amines is 2. The van der Waals surface area contributed by atoms with Crippen molar-refractivity contribution in [1.82, 2.24) is 9.97 Å². The number of H-pyrrole nitrogens is 2. The highest BCUT2D eigenvalue weighted by Gasteiger charge is 2.18. The lowest BCUT2D eigenvalue weighted by atomic mass is 10.1. The summed E-state index contributed by atoms with van der Waals surface area (Å²) in [5, 5.41) is 1.40. The molecule has 2 heterocycles. The zero-order chi connectivity index (χ0) is 24.6. The number of fused-ring (bicyclic) bond motifs is 2. The van der Waals surface area contributed by atoms with Crippen LogP contribution in [0.1, 0.15) is 27.7 Å². The van der Waals surface area contributed by atoms with Crippen molar-refractivity contribution in [3.05, 3.63) is 36.5 Å². The zero-order valence-electron chi connectivity index (χ0n) is 18.7. The molecule has 0 aliphatic rings. The lowest BCUT2D eigenvalue weighted by molar-refractivity contribution is -0.134. The second kappa shape index (κ2) is 8.74. The third-order valence-corrected chi connectivity index (χ3v) is 4.74. The summed E-state index contributed by atoms with van der Waals surface area (Å²) in [5.74, 6) is -1.81. The number of hydrogen-bond acceptors (Lipinski definition) is 8. The molecule has 0 atom stereocenters. The molecule has 0 fully saturated rings. The molecule has 2 aromatic heterocycles. The van der Waals surface area contributed by atoms with Gasteiger partial charge < -0.3 is 28.9 Å². The minimum atomic E-state index is -0.563. The van der Waals surface area contributed by atoms with Gasteiger partial charge in [0.1, 0.15) is 0 Å². The molecule has 2 aromatic carbocycles. The van der Waals surface area contributed by atoms with Gasteiger partial charge in [0.05, 0.1) is 5.52 Å². The summed E-state index contributed by atoms with van der Waals surface area (Å²) < 4.78 is 20.8. The van der Waals surface area contributed by atoms with Crippen LogP contribution in [0.5, 0.6) is 23.0 Å². The van der Waals surface area contributed by atoms with E-state index in [1.807, 2.05) is 6.07 Å². The van der Waals surface area contributed by atoms with Crippen LogP contribution in [0.2, 0.25) is 0 Å². The Bertz CT molecular complexity index is 1420. The maximum atomic E-state index is 11.6. The van der Waals surface area contributed by atoms with Gasteiger partial charge in [-0.3, -0.25) is 19.2 Å². The molecule has 174 valence electrons. The van der Waals surface area contributed by atoms with Gasteiger partial charge >= 0.3 is 23.9 Å². The fraction of sp³-hybridized carbons (Fsp3) is 0.167. The monoisotopic (exact) mass is 464 g/mol. The quantitative estimate of drug-likeness (QED) is 0.334. The summed E-state index contributed by atoms with van der Waals surface area (Å²) in [6, 6.07) is 8.15. The lowest BCUT2D eigenvalue weighted by Gasteiger charge is -2.09. The number of benzene rings is 2. The van der Waals surface area contributed by atoms with E-state index in [1.165, 1.54) is 27.7 Å². The Morgan fingerprint density at radius 1 is 0.618 bits per heavy atom. The highest BCUT2D eigenvalue weighted by molar-refractivity contribution is 6.00. The Hall–Kier alpha value is -4.60. The van der Waals surface area contributed by atoms with Gasteiger partial charge in [0.15, 0.2) is 23.0 Å². The molecule has 0 saturated carbocycles. The number of esters is 4. The standard InChI is InChI=1S/C24H20N2O8/c1-11(27)31-21-6-15-5-20(26-18(15)8-23(21)33-13(3)29)17-10-25-19-9-24(34-14(4)30)22(7-16(17)19)32-12(2)28/h5-10,25-26H,1-4H3. The molecule has 34 heavy (non-hydrogen) atoms. The van der Waals surface area contributed by atoms with Gasteiger partial charge in [0, 0.05) is 73.6 Å². The first-order valence-corrected chi connectivity index (χ1v) is 10.2. The van der Waals surface area contributed by atoms with Gasteiger partial charge in [0.2, 0.25) is 0 Å². The van der Waals surface area contributed by atoms with Gasteiger partial charge in [-0.1, -0.05) is 0 Å². The summed E-state index contributed by atoms with van der Waals surface area (Å²) in [6.07, 6.45) is 1.74. The van der Waals surface area contributed by atoms with Gasteiger partial charge in [-0.05, 0) is 18.2 Å². The van der Waals surface area contributed by atoms with Crippen LogP contribution in [0.15, 0.2) is 36.5 Å². The average molecular weight is 464 g/mol. The number of carbonyl (C=O) groups is 4. The van der Waals surface area contributed by atoms with E-state index < -0.39 is 23.9 Å². The molecule has 4 rings (SSSR count). The molecule has 0 spiro atoms. The minimum absolute atomic E-state index is 0.0986. The summed E-state index contributed by atoms with van der Waals surface area (Å²) in [4.78, 5) is 52.4. The molecule has 0 amide bonds. The van der Waals surface area contributed by atoms with Crippen molar-refractivity contribution in [3.63, 3.8) is 0 Å². The van der Waals surface area contributed by atoms with Crippen molar-refractivity contribution < 1.29 is 38.1 Å². The van der Waals surface area contributed by atoms with Gasteiger partial charge in [-0.15, -0.1) is 0 Å². The molecule has 2 N–H and O–H groups in total. The van der Waals surface area contributed by atoms with E-state index in [2.05, 4.69) is 9.97 Å². The van der Waals surface area contributed by atoms with E-state index in [0.29, 0.717) is 27.5 Å². The summed E-state index contributed by atoms with van der Waals surface area (Å²) in [7, 11) is 0. The highest BCUT2D eigenvalue weighted by atomic mass is 16.6. The normalized spacial score (nSPS) is 10.8. The van der Waals surface area contributed by atoms with Crippen LogP contribution < -0.4 is 18.9 Å². The Labute approximate surface area is 192 Å². The maximum Gasteiger partial charge on any atom is 0.308 e. The fourth-order valence-electron chi connectivity index (χ4n) is 3.58. The second-order valence-corrected chi connectivity index (χ2v) is 7.49. The molecular weight excluding hydrogens is 444 g/mol. The predicted octanol–water partition coefficient (Wildman–Crippen LogP) is 4.02. The first-order chi connectivity index (χ1) is 16.1. The lowest BCUT2D eigenvalue weighted by Crippen LogP contribution is -2.07. The molecule has 10 heteroatoms. The van der Waals surface area contributed by atoms with Crippen molar-refractivity contribution in [2.24, 2.45) is 0 Å². The summed E-state index contributed by atoms with van der Waals surface area (Å²) >= 11 is 0. The van der Waals surface area contributed by atoms with E-state index in [4.69, 9.17) is 18.9 Å². The van der Waals surface area contributed by atoms with E-state index in [9.17, 15) is 19.2 Å². The van der Waals surface area contributed by atoms with Crippen LogP contribution in [0, 0.1) is 0 Å². The molecule has 0 aliphatic carbocycles. The largest absolute Gasteiger partial charge is 0.423 e. The summed E-state index contributed by atoms with van der Waals surface area (Å²) in [6.45, 7) is 5.00. The number of aromatic nitrogens is 2. The van der Waals surface area contributed by atoms with E-state index in [-0.39, 0.29) is 23.0 Å². The van der Waals surface area contributed by atoms with Crippen molar-refractivity contribution in [1.29, 1.82) is 0 Å². The minimum Gasteiger partial charge on any atom is -0.423 e. The predicted molar refractivity (Wildman–Crippen MR) is 121 cm³/mol. The molecule has 4 aromatic rings. The maximum absolute atomic E-state index is 11.6. The zero-order valence-corrected chi connectivity index (χ0v) is 18.7. The van der Waals surface area contributed by atoms with Gasteiger partial charge in [-0.25, -0.2) is 0 Å². The fourth-order valence-corrected chi connectivity index (χ4v) is 3.58. The van der Waals surface area contributed by atoms with Crippen LogP contribution in [-0.4, -0.2) is 33.8 Å². The van der Waals surface area contributed by atoms with Gasteiger partial charge in [-0.2, -0.15) is 0 Å². The first kappa shape index (κ1) is 22.6. The molecule has 0 unspecified atom stereocenters. The Morgan fingerprint density at radius 2 is 1.09 bits per heavy atom. The van der Waals surface area contributed by atoms with Crippen LogP contribution >= 0.6 is 0 Å². The third kappa shape index (κ3) is 4.60. The first-order valence-electron chi connectivity index (χ1n) is 10.2. The van der Waals surface area contributed by atoms with E-state index >= 15 is 0 Å². The number of carbonyl (C=O) groups excluding carboxylic acids is 4. The van der Waals surface area contributed by atoms with Crippen molar-refractivity contribution in [2.45, 2.75) is 27.7 Å². The molecular formula is C24H20N2O8. The smallest absolute Gasteiger partial charge is 0.308 e.